The van der Waals surface area contributed by atoms with Crippen LogP contribution in [0, 0.1) is 5.82 Å². The Bertz CT molecular complexity index is 542. The number of carbonyl (C=O) groups is 1. The fourth-order valence-electron chi connectivity index (χ4n) is 1.22. The van der Waals surface area contributed by atoms with E-state index in [0.717, 1.165) is 24.6 Å². The molecule has 2 N–H and O–H groups in total. The van der Waals surface area contributed by atoms with Crippen LogP contribution in [0.1, 0.15) is 30.1 Å². The Balaban J connectivity index is 2.97. The maximum atomic E-state index is 13.4. The summed E-state index contributed by atoms with van der Waals surface area (Å²) in [7, 11) is -3.98. The zero-order valence-electron chi connectivity index (χ0n) is 9.85. The zero-order chi connectivity index (χ0) is 13.8. The Morgan fingerprint density at radius 2 is 2.11 bits per heavy atom. The van der Waals surface area contributed by atoms with Gasteiger partial charge in [0.25, 0.3) is 0 Å². The van der Waals surface area contributed by atoms with Gasteiger partial charge < -0.3 is 4.74 Å². The highest BCUT2D eigenvalue weighted by Gasteiger charge is 2.17. The molecule has 0 saturated carbocycles. The fourth-order valence-corrected chi connectivity index (χ4v) is 1.76. The van der Waals surface area contributed by atoms with Gasteiger partial charge in [-0.1, -0.05) is 13.3 Å². The predicted octanol–water partition coefficient (Wildman–Crippen LogP) is 1.43. The van der Waals surface area contributed by atoms with Crippen molar-refractivity contribution in [1.82, 2.24) is 0 Å². The lowest BCUT2D eigenvalue weighted by Crippen LogP contribution is -2.15. The van der Waals surface area contributed by atoms with Gasteiger partial charge >= 0.3 is 5.97 Å². The number of hydrogen-bond donors (Lipinski definition) is 1. The van der Waals surface area contributed by atoms with Crippen molar-refractivity contribution in [2.45, 2.75) is 24.7 Å². The van der Waals surface area contributed by atoms with Crippen LogP contribution in [0.4, 0.5) is 4.39 Å². The summed E-state index contributed by atoms with van der Waals surface area (Å²) in [5.41, 5.74) is -0.433. The van der Waals surface area contributed by atoms with Crippen molar-refractivity contribution in [2.24, 2.45) is 5.14 Å². The van der Waals surface area contributed by atoms with E-state index in [-0.39, 0.29) is 11.5 Å². The van der Waals surface area contributed by atoms with Crippen LogP contribution in [0.3, 0.4) is 0 Å². The second-order valence-corrected chi connectivity index (χ2v) is 5.24. The molecule has 18 heavy (non-hydrogen) atoms. The normalized spacial score (nSPS) is 11.3. The van der Waals surface area contributed by atoms with Crippen LogP contribution in [0.5, 0.6) is 0 Å². The van der Waals surface area contributed by atoms with Gasteiger partial charge in [0, 0.05) is 0 Å². The molecule has 1 aromatic rings. The molecule has 0 fully saturated rings. The number of unbranched alkanes of at least 4 members (excludes halogenated alkanes) is 1. The third kappa shape index (κ3) is 3.78. The predicted molar refractivity (Wildman–Crippen MR) is 63.0 cm³/mol. The van der Waals surface area contributed by atoms with Crippen LogP contribution in [-0.2, 0) is 14.8 Å². The van der Waals surface area contributed by atoms with Crippen molar-refractivity contribution in [3.63, 3.8) is 0 Å². The molecule has 0 aliphatic carbocycles. The average molecular weight is 275 g/mol. The fraction of sp³-hybridized carbons (Fsp3) is 0.364. The van der Waals surface area contributed by atoms with E-state index in [1.165, 1.54) is 0 Å². The molecule has 0 radical (unpaired) electrons. The molecule has 0 aliphatic rings. The van der Waals surface area contributed by atoms with Crippen molar-refractivity contribution >= 4 is 16.0 Å². The first-order chi connectivity index (χ1) is 8.36. The molecule has 1 aromatic carbocycles. The monoisotopic (exact) mass is 275 g/mol. The number of sulfonamides is 1. The van der Waals surface area contributed by atoms with Gasteiger partial charge in [-0.3, -0.25) is 0 Å². The molecule has 0 saturated heterocycles. The SMILES string of the molecule is CCCCOC(=O)c1cc(S(N)(=O)=O)ccc1F. The molecule has 0 spiro atoms. The zero-order valence-corrected chi connectivity index (χ0v) is 10.7. The lowest BCUT2D eigenvalue weighted by atomic mass is 10.2. The number of hydrogen-bond acceptors (Lipinski definition) is 4. The van der Waals surface area contributed by atoms with E-state index >= 15 is 0 Å². The Morgan fingerprint density at radius 3 is 2.67 bits per heavy atom. The quantitative estimate of drug-likeness (QED) is 0.650. The summed E-state index contributed by atoms with van der Waals surface area (Å²) in [6, 6.07) is 2.74. The Labute approximate surface area is 105 Å². The van der Waals surface area contributed by atoms with Gasteiger partial charge in [0.15, 0.2) is 0 Å². The van der Waals surface area contributed by atoms with Gasteiger partial charge in [-0.05, 0) is 24.6 Å². The molecule has 0 atom stereocenters. The summed E-state index contributed by atoms with van der Waals surface area (Å²) in [6.45, 7) is 2.07. The van der Waals surface area contributed by atoms with Crippen LogP contribution in [-0.4, -0.2) is 21.0 Å². The van der Waals surface area contributed by atoms with Gasteiger partial charge in [-0.2, -0.15) is 0 Å². The van der Waals surface area contributed by atoms with Crippen molar-refractivity contribution < 1.29 is 22.3 Å². The van der Waals surface area contributed by atoms with E-state index < -0.39 is 27.4 Å². The topological polar surface area (TPSA) is 86.5 Å². The van der Waals surface area contributed by atoms with Crippen LogP contribution in [0.15, 0.2) is 23.1 Å². The highest BCUT2D eigenvalue weighted by atomic mass is 32.2. The number of esters is 1. The maximum absolute atomic E-state index is 13.4. The number of ether oxygens (including phenoxy) is 1. The summed E-state index contributed by atoms with van der Waals surface area (Å²) in [4.78, 5) is 11.2. The van der Waals surface area contributed by atoms with Gasteiger partial charge in [-0.15, -0.1) is 0 Å². The average Bonchev–Trinajstić information content (AvgIpc) is 2.28. The van der Waals surface area contributed by atoms with Gasteiger partial charge in [-0.25, -0.2) is 22.7 Å². The van der Waals surface area contributed by atoms with E-state index in [2.05, 4.69) is 0 Å². The lowest BCUT2D eigenvalue weighted by molar-refractivity contribution is 0.0494. The van der Waals surface area contributed by atoms with Crippen molar-refractivity contribution in [1.29, 1.82) is 0 Å². The molecular weight excluding hydrogens is 261 g/mol. The van der Waals surface area contributed by atoms with Gasteiger partial charge in [0.05, 0.1) is 17.1 Å². The molecule has 7 heteroatoms. The molecular formula is C11H14FNO4S. The molecule has 0 unspecified atom stereocenters. The molecule has 5 nitrogen and oxygen atoms in total. The minimum absolute atomic E-state index is 0.161. The van der Waals surface area contributed by atoms with E-state index in [0.29, 0.717) is 6.42 Å². The molecule has 0 aliphatic heterocycles. The first-order valence-electron chi connectivity index (χ1n) is 5.35. The van der Waals surface area contributed by atoms with Crippen molar-refractivity contribution in [3.8, 4) is 0 Å². The highest BCUT2D eigenvalue weighted by Crippen LogP contribution is 2.15. The van der Waals surface area contributed by atoms with Crippen LogP contribution in [0.25, 0.3) is 0 Å². The molecule has 0 heterocycles. The third-order valence-electron chi connectivity index (χ3n) is 2.22. The summed E-state index contributed by atoms with van der Waals surface area (Å²) >= 11 is 0. The number of rotatable bonds is 5. The van der Waals surface area contributed by atoms with Crippen LogP contribution < -0.4 is 5.14 Å². The Morgan fingerprint density at radius 1 is 1.44 bits per heavy atom. The van der Waals surface area contributed by atoms with Crippen LogP contribution >= 0.6 is 0 Å². The molecule has 1 rings (SSSR count). The smallest absolute Gasteiger partial charge is 0.341 e. The van der Waals surface area contributed by atoms with E-state index in [9.17, 15) is 17.6 Å². The lowest BCUT2D eigenvalue weighted by Gasteiger charge is -2.06. The van der Waals surface area contributed by atoms with E-state index in [1.54, 1.807) is 0 Å². The number of halogens is 1. The number of nitrogens with two attached hydrogens (primary N) is 1. The minimum Gasteiger partial charge on any atom is -0.462 e. The first kappa shape index (κ1) is 14.6. The molecule has 100 valence electrons. The Hall–Kier alpha value is -1.47. The van der Waals surface area contributed by atoms with Crippen molar-refractivity contribution in [3.05, 3.63) is 29.6 Å². The summed E-state index contributed by atoms with van der Waals surface area (Å²) in [5.74, 6) is -1.74. The highest BCUT2D eigenvalue weighted by molar-refractivity contribution is 7.89. The Kier molecular flexibility index (Phi) is 4.80. The second-order valence-electron chi connectivity index (χ2n) is 3.68. The molecule has 0 aromatic heterocycles. The van der Waals surface area contributed by atoms with E-state index in [1.807, 2.05) is 6.92 Å². The number of primary sulfonamides is 1. The number of benzene rings is 1. The van der Waals surface area contributed by atoms with Crippen molar-refractivity contribution in [2.75, 3.05) is 6.61 Å². The first-order valence-corrected chi connectivity index (χ1v) is 6.90. The minimum atomic E-state index is -3.98. The van der Waals surface area contributed by atoms with Crippen LogP contribution in [0.2, 0.25) is 0 Å². The van der Waals surface area contributed by atoms with E-state index in [4.69, 9.17) is 9.88 Å². The second kappa shape index (κ2) is 5.92. The standard InChI is InChI=1S/C11H14FNO4S/c1-2-3-6-17-11(14)9-7-8(18(13,15)16)4-5-10(9)12/h4-5,7H,2-3,6H2,1H3,(H2,13,15,16). The van der Waals surface area contributed by atoms with Gasteiger partial charge in [0.2, 0.25) is 10.0 Å². The maximum Gasteiger partial charge on any atom is 0.341 e. The number of carbonyl (C=O) groups excluding carboxylic acids is 1. The summed E-state index contributed by atoms with van der Waals surface area (Å²) in [6.07, 6.45) is 1.48. The molecule has 0 bridgehead atoms. The molecule has 0 amide bonds. The third-order valence-corrected chi connectivity index (χ3v) is 3.13. The largest absolute Gasteiger partial charge is 0.462 e. The van der Waals surface area contributed by atoms with Gasteiger partial charge in [0.1, 0.15) is 5.82 Å². The summed E-state index contributed by atoms with van der Waals surface area (Å²) < 4.78 is 40.3. The summed E-state index contributed by atoms with van der Waals surface area (Å²) in [5, 5.41) is 4.90.